The number of sulfonamides is 1. The minimum Gasteiger partial charge on any atom is -0.496 e. The molecule has 0 aromatic heterocycles. The first-order valence-corrected chi connectivity index (χ1v) is 7.41. The molecular formula is C10H13Cl2NO3S. The van der Waals surface area contributed by atoms with E-state index in [1.807, 2.05) is 0 Å². The summed E-state index contributed by atoms with van der Waals surface area (Å²) in [5.74, 6) is 0.474. The van der Waals surface area contributed by atoms with Gasteiger partial charge in [0.2, 0.25) is 10.0 Å². The van der Waals surface area contributed by atoms with Crippen molar-refractivity contribution in [1.82, 2.24) is 4.72 Å². The van der Waals surface area contributed by atoms with E-state index in [9.17, 15) is 8.42 Å². The standard InChI is InChI=1S/C10H13Cl2NO3S/c1-16-10-4-2-3-9(12)8(10)7-13-17(14,15)6-5-11/h2-4,13H,5-7H2,1H3. The Bertz CT molecular complexity index is 476. The minimum absolute atomic E-state index is 0.0506. The van der Waals surface area contributed by atoms with Crippen molar-refractivity contribution in [2.75, 3.05) is 18.7 Å². The van der Waals surface area contributed by atoms with Crippen LogP contribution in [0.25, 0.3) is 0 Å². The fourth-order valence-electron chi connectivity index (χ4n) is 1.26. The molecule has 4 nitrogen and oxygen atoms in total. The zero-order valence-electron chi connectivity index (χ0n) is 9.24. The lowest BCUT2D eigenvalue weighted by Crippen LogP contribution is -2.26. The maximum atomic E-state index is 11.4. The number of halogens is 2. The van der Waals surface area contributed by atoms with Crippen LogP contribution in [-0.2, 0) is 16.6 Å². The van der Waals surface area contributed by atoms with E-state index in [1.54, 1.807) is 18.2 Å². The fourth-order valence-corrected chi connectivity index (χ4v) is 2.81. The lowest BCUT2D eigenvalue weighted by atomic mass is 10.2. The van der Waals surface area contributed by atoms with Crippen molar-refractivity contribution in [2.45, 2.75) is 6.54 Å². The van der Waals surface area contributed by atoms with E-state index in [1.165, 1.54) is 7.11 Å². The summed E-state index contributed by atoms with van der Waals surface area (Å²) in [6.45, 7) is 0.0854. The number of benzene rings is 1. The zero-order valence-corrected chi connectivity index (χ0v) is 11.6. The third-order valence-electron chi connectivity index (χ3n) is 2.11. The van der Waals surface area contributed by atoms with Gasteiger partial charge in [0.25, 0.3) is 0 Å². The zero-order chi connectivity index (χ0) is 12.9. The average Bonchev–Trinajstić information content (AvgIpc) is 2.27. The molecule has 0 fully saturated rings. The minimum atomic E-state index is -3.37. The van der Waals surface area contributed by atoms with Gasteiger partial charge in [-0.1, -0.05) is 17.7 Å². The Morgan fingerprint density at radius 3 is 2.71 bits per heavy atom. The molecule has 0 amide bonds. The number of ether oxygens (including phenoxy) is 1. The summed E-state index contributed by atoms with van der Waals surface area (Å²) in [7, 11) is -1.87. The van der Waals surface area contributed by atoms with Gasteiger partial charge in [-0.15, -0.1) is 11.6 Å². The number of hydrogen-bond donors (Lipinski definition) is 1. The van der Waals surface area contributed by atoms with E-state index in [2.05, 4.69) is 4.72 Å². The van der Waals surface area contributed by atoms with Crippen molar-refractivity contribution in [1.29, 1.82) is 0 Å². The molecule has 0 saturated carbocycles. The summed E-state index contributed by atoms with van der Waals surface area (Å²) in [5.41, 5.74) is 0.606. The SMILES string of the molecule is COc1cccc(Cl)c1CNS(=O)(=O)CCCl. The first-order chi connectivity index (χ1) is 8.00. The second kappa shape index (κ2) is 6.44. The van der Waals surface area contributed by atoms with Gasteiger partial charge in [0.05, 0.1) is 12.9 Å². The molecule has 7 heteroatoms. The number of hydrogen-bond acceptors (Lipinski definition) is 3. The van der Waals surface area contributed by atoms with Gasteiger partial charge >= 0.3 is 0 Å². The van der Waals surface area contributed by atoms with E-state index in [0.29, 0.717) is 16.3 Å². The van der Waals surface area contributed by atoms with Gasteiger partial charge in [-0.25, -0.2) is 13.1 Å². The Labute approximate surface area is 111 Å². The van der Waals surface area contributed by atoms with Crippen molar-refractivity contribution in [3.05, 3.63) is 28.8 Å². The van der Waals surface area contributed by atoms with E-state index in [0.717, 1.165) is 0 Å². The Morgan fingerprint density at radius 1 is 1.41 bits per heavy atom. The third kappa shape index (κ3) is 4.35. The number of rotatable bonds is 6. The molecular weight excluding hydrogens is 285 g/mol. The molecule has 0 spiro atoms. The van der Waals surface area contributed by atoms with Gasteiger partial charge in [-0.05, 0) is 12.1 Å². The van der Waals surface area contributed by atoms with Gasteiger partial charge in [0.15, 0.2) is 0 Å². The van der Waals surface area contributed by atoms with Gasteiger partial charge in [-0.3, -0.25) is 0 Å². The monoisotopic (exact) mass is 297 g/mol. The Hall–Kier alpha value is -0.490. The van der Waals surface area contributed by atoms with Crippen LogP contribution in [0.5, 0.6) is 5.75 Å². The lowest BCUT2D eigenvalue weighted by molar-refractivity contribution is 0.409. The highest BCUT2D eigenvalue weighted by Gasteiger charge is 2.13. The molecule has 0 aliphatic carbocycles. The van der Waals surface area contributed by atoms with Crippen molar-refractivity contribution in [2.24, 2.45) is 0 Å². The molecule has 96 valence electrons. The molecule has 0 saturated heterocycles. The topological polar surface area (TPSA) is 55.4 Å². The molecule has 0 aliphatic rings. The molecule has 0 radical (unpaired) electrons. The second-order valence-electron chi connectivity index (χ2n) is 3.25. The van der Waals surface area contributed by atoms with Gasteiger partial charge in [0.1, 0.15) is 5.75 Å². The lowest BCUT2D eigenvalue weighted by Gasteiger charge is -2.11. The van der Waals surface area contributed by atoms with Crippen LogP contribution in [-0.4, -0.2) is 27.2 Å². The van der Waals surface area contributed by atoms with Crippen LogP contribution in [0.3, 0.4) is 0 Å². The second-order valence-corrected chi connectivity index (χ2v) is 5.96. The van der Waals surface area contributed by atoms with Gasteiger partial charge in [0, 0.05) is 23.0 Å². The molecule has 0 heterocycles. The fraction of sp³-hybridized carbons (Fsp3) is 0.400. The first kappa shape index (κ1) is 14.6. The van der Waals surface area contributed by atoms with E-state index in [-0.39, 0.29) is 18.2 Å². The van der Waals surface area contributed by atoms with Crippen LogP contribution in [0, 0.1) is 0 Å². The quantitative estimate of drug-likeness (QED) is 0.817. The van der Waals surface area contributed by atoms with Crippen LogP contribution in [0.1, 0.15) is 5.56 Å². The summed E-state index contributed by atoms with van der Waals surface area (Å²) in [5, 5.41) is 0.456. The molecule has 0 bridgehead atoms. The van der Waals surface area contributed by atoms with Gasteiger partial charge < -0.3 is 4.74 Å². The summed E-state index contributed by atoms with van der Waals surface area (Å²) in [4.78, 5) is 0. The molecule has 1 aromatic carbocycles. The summed E-state index contributed by atoms with van der Waals surface area (Å²) in [6.07, 6.45) is 0. The summed E-state index contributed by atoms with van der Waals surface area (Å²) < 4.78 is 30.4. The van der Waals surface area contributed by atoms with Crippen molar-refractivity contribution < 1.29 is 13.2 Å². The highest BCUT2D eigenvalue weighted by atomic mass is 35.5. The smallest absolute Gasteiger partial charge is 0.213 e. The summed E-state index contributed by atoms with van der Waals surface area (Å²) in [6, 6.07) is 5.13. The summed E-state index contributed by atoms with van der Waals surface area (Å²) >= 11 is 11.4. The number of alkyl halides is 1. The van der Waals surface area contributed by atoms with Crippen LogP contribution in [0.15, 0.2) is 18.2 Å². The molecule has 0 atom stereocenters. The molecule has 0 unspecified atom stereocenters. The van der Waals surface area contributed by atoms with E-state index >= 15 is 0 Å². The predicted octanol–water partition coefficient (Wildman–Crippen LogP) is 2.01. The van der Waals surface area contributed by atoms with E-state index in [4.69, 9.17) is 27.9 Å². The van der Waals surface area contributed by atoms with Crippen molar-refractivity contribution in [3.63, 3.8) is 0 Å². The van der Waals surface area contributed by atoms with Crippen molar-refractivity contribution in [3.8, 4) is 5.75 Å². The first-order valence-electron chi connectivity index (χ1n) is 4.85. The normalized spacial score (nSPS) is 11.5. The number of nitrogens with one attached hydrogen (secondary N) is 1. The molecule has 1 aromatic rings. The van der Waals surface area contributed by atoms with Crippen LogP contribution >= 0.6 is 23.2 Å². The predicted molar refractivity (Wildman–Crippen MR) is 69.4 cm³/mol. The van der Waals surface area contributed by atoms with E-state index < -0.39 is 10.0 Å². The highest BCUT2D eigenvalue weighted by Crippen LogP contribution is 2.25. The van der Waals surface area contributed by atoms with Crippen molar-refractivity contribution >= 4 is 33.2 Å². The van der Waals surface area contributed by atoms with Crippen LogP contribution in [0.4, 0.5) is 0 Å². The molecule has 1 N–H and O–H groups in total. The Kier molecular flexibility index (Phi) is 5.52. The Morgan fingerprint density at radius 2 is 2.12 bits per heavy atom. The largest absolute Gasteiger partial charge is 0.496 e. The van der Waals surface area contributed by atoms with Gasteiger partial charge in [-0.2, -0.15) is 0 Å². The number of methoxy groups -OCH3 is 1. The highest BCUT2D eigenvalue weighted by molar-refractivity contribution is 7.89. The average molecular weight is 298 g/mol. The van der Waals surface area contributed by atoms with Crippen LogP contribution < -0.4 is 9.46 Å². The molecule has 0 aliphatic heterocycles. The maximum absolute atomic E-state index is 11.4. The third-order valence-corrected chi connectivity index (χ3v) is 4.20. The molecule has 1 rings (SSSR count). The van der Waals surface area contributed by atoms with Crippen LogP contribution in [0.2, 0.25) is 5.02 Å². The maximum Gasteiger partial charge on any atom is 0.213 e. The molecule has 17 heavy (non-hydrogen) atoms. The Balaban J connectivity index is 2.82.